The molecule has 0 atom stereocenters. The predicted octanol–water partition coefficient (Wildman–Crippen LogP) is 2.07. The van der Waals surface area contributed by atoms with Crippen LogP contribution in [0.4, 0.5) is 5.69 Å². The van der Waals surface area contributed by atoms with Gasteiger partial charge in [0.05, 0.1) is 11.7 Å². The Morgan fingerprint density at radius 1 is 1.12 bits per heavy atom. The zero-order valence-corrected chi connectivity index (χ0v) is 14.2. The number of nitrogens with zero attached hydrogens (tertiary/aromatic N) is 1. The number of amides is 1. The fourth-order valence-electron chi connectivity index (χ4n) is 3.68. The topological polar surface area (TPSA) is 72.8 Å². The Bertz CT molecular complexity index is 544. The van der Waals surface area contributed by atoms with Crippen molar-refractivity contribution in [3.05, 3.63) is 29.8 Å². The Kier molecular flexibility index (Phi) is 5.41. The van der Waals surface area contributed by atoms with Crippen LogP contribution in [0.2, 0.25) is 0 Å². The summed E-state index contributed by atoms with van der Waals surface area (Å²) in [5.41, 5.74) is 0.974. The summed E-state index contributed by atoms with van der Waals surface area (Å²) < 4.78 is 0. The minimum atomic E-state index is -0.734. The molecular formula is C19H28N2O3. The van der Waals surface area contributed by atoms with E-state index in [2.05, 4.69) is 10.2 Å². The first-order valence-electron chi connectivity index (χ1n) is 9.09. The Labute approximate surface area is 143 Å². The first-order valence-corrected chi connectivity index (χ1v) is 9.09. The van der Waals surface area contributed by atoms with Crippen molar-refractivity contribution in [1.29, 1.82) is 0 Å². The quantitative estimate of drug-likeness (QED) is 0.789. The van der Waals surface area contributed by atoms with Crippen LogP contribution in [0.1, 0.15) is 55.3 Å². The molecule has 1 heterocycles. The monoisotopic (exact) mass is 332 g/mol. The highest BCUT2D eigenvalue weighted by Gasteiger charge is 2.29. The smallest absolute Gasteiger partial charge is 0.251 e. The number of piperidine rings is 1. The van der Waals surface area contributed by atoms with Crippen molar-refractivity contribution < 1.29 is 15.0 Å². The molecule has 24 heavy (non-hydrogen) atoms. The number of rotatable bonds is 4. The van der Waals surface area contributed by atoms with E-state index in [0.717, 1.165) is 57.3 Å². The highest BCUT2D eigenvalue weighted by Crippen LogP contribution is 2.27. The molecule has 132 valence electrons. The maximum absolute atomic E-state index is 12.3. The van der Waals surface area contributed by atoms with Gasteiger partial charge in [-0.1, -0.05) is 19.3 Å². The maximum atomic E-state index is 12.3. The molecular weight excluding hydrogens is 304 g/mol. The van der Waals surface area contributed by atoms with Gasteiger partial charge in [0.15, 0.2) is 0 Å². The molecule has 3 N–H and O–H groups in total. The van der Waals surface area contributed by atoms with Crippen molar-refractivity contribution in [3.63, 3.8) is 0 Å². The number of benzene rings is 1. The molecule has 0 unspecified atom stereocenters. The third kappa shape index (κ3) is 4.28. The highest BCUT2D eigenvalue weighted by molar-refractivity contribution is 5.94. The van der Waals surface area contributed by atoms with E-state index in [-0.39, 0.29) is 12.0 Å². The van der Waals surface area contributed by atoms with Crippen LogP contribution >= 0.6 is 0 Å². The van der Waals surface area contributed by atoms with E-state index in [1.807, 2.05) is 24.3 Å². The number of aliphatic hydroxyl groups excluding tert-OH is 1. The van der Waals surface area contributed by atoms with Crippen LogP contribution in [-0.4, -0.2) is 47.5 Å². The lowest BCUT2D eigenvalue weighted by Crippen LogP contribution is -2.44. The van der Waals surface area contributed by atoms with Gasteiger partial charge in [-0.3, -0.25) is 4.79 Å². The van der Waals surface area contributed by atoms with Gasteiger partial charge in [0.25, 0.3) is 5.91 Å². The second-order valence-corrected chi connectivity index (χ2v) is 7.23. The van der Waals surface area contributed by atoms with E-state index in [9.17, 15) is 15.0 Å². The van der Waals surface area contributed by atoms with Gasteiger partial charge in [-0.2, -0.15) is 0 Å². The average Bonchev–Trinajstić information content (AvgIpc) is 2.61. The molecule has 2 aliphatic rings. The zero-order chi connectivity index (χ0) is 17.0. The van der Waals surface area contributed by atoms with Crippen LogP contribution in [0.25, 0.3) is 0 Å². The van der Waals surface area contributed by atoms with E-state index >= 15 is 0 Å². The standard InChI is InChI=1S/C19H28N2O3/c22-17-8-12-21(13-9-17)16-6-4-15(5-7-16)18(23)20-14-19(24)10-2-1-3-11-19/h4-7,17,22,24H,1-3,8-14H2,(H,20,23). The van der Waals surface area contributed by atoms with Crippen LogP contribution in [-0.2, 0) is 0 Å². The van der Waals surface area contributed by atoms with Crippen molar-refractivity contribution in [2.45, 2.75) is 56.7 Å². The van der Waals surface area contributed by atoms with Gasteiger partial charge in [-0.15, -0.1) is 0 Å². The molecule has 0 aromatic heterocycles. The molecule has 1 amide bonds. The highest BCUT2D eigenvalue weighted by atomic mass is 16.3. The van der Waals surface area contributed by atoms with Gasteiger partial charge in [0.2, 0.25) is 0 Å². The molecule has 1 aliphatic heterocycles. The second kappa shape index (κ2) is 7.53. The fourth-order valence-corrected chi connectivity index (χ4v) is 3.68. The van der Waals surface area contributed by atoms with E-state index in [0.29, 0.717) is 12.1 Å². The molecule has 1 aromatic rings. The summed E-state index contributed by atoms with van der Waals surface area (Å²) in [6.07, 6.45) is 6.18. The number of nitrogens with one attached hydrogen (secondary N) is 1. The molecule has 1 saturated heterocycles. The van der Waals surface area contributed by atoms with Crippen LogP contribution in [0.3, 0.4) is 0 Å². The summed E-state index contributed by atoms with van der Waals surface area (Å²) in [7, 11) is 0. The number of carbonyl (C=O) groups is 1. The summed E-state index contributed by atoms with van der Waals surface area (Å²) >= 11 is 0. The Morgan fingerprint density at radius 3 is 2.38 bits per heavy atom. The number of carbonyl (C=O) groups excluding carboxylic acids is 1. The van der Waals surface area contributed by atoms with Gasteiger partial charge < -0.3 is 20.4 Å². The van der Waals surface area contributed by atoms with Crippen LogP contribution < -0.4 is 10.2 Å². The van der Waals surface area contributed by atoms with Gasteiger partial charge in [-0.25, -0.2) is 0 Å². The van der Waals surface area contributed by atoms with E-state index in [1.165, 1.54) is 6.42 Å². The number of aliphatic hydroxyl groups is 2. The Morgan fingerprint density at radius 2 is 1.75 bits per heavy atom. The van der Waals surface area contributed by atoms with Crippen LogP contribution in [0, 0.1) is 0 Å². The lowest BCUT2D eigenvalue weighted by Gasteiger charge is -2.32. The van der Waals surface area contributed by atoms with Crippen molar-refractivity contribution >= 4 is 11.6 Å². The fraction of sp³-hybridized carbons (Fsp3) is 0.632. The lowest BCUT2D eigenvalue weighted by molar-refractivity contribution is 0.00525. The van der Waals surface area contributed by atoms with Crippen molar-refractivity contribution in [2.75, 3.05) is 24.5 Å². The van der Waals surface area contributed by atoms with Crippen molar-refractivity contribution in [2.24, 2.45) is 0 Å². The van der Waals surface area contributed by atoms with E-state index in [4.69, 9.17) is 0 Å². The number of hydrogen-bond acceptors (Lipinski definition) is 4. The third-order valence-electron chi connectivity index (χ3n) is 5.32. The molecule has 1 saturated carbocycles. The summed E-state index contributed by atoms with van der Waals surface area (Å²) in [5, 5.41) is 22.9. The molecule has 5 nitrogen and oxygen atoms in total. The SMILES string of the molecule is O=C(NCC1(O)CCCCC1)c1ccc(N2CCC(O)CC2)cc1. The van der Waals surface area contributed by atoms with E-state index < -0.39 is 5.60 Å². The van der Waals surface area contributed by atoms with Crippen LogP contribution in [0.5, 0.6) is 0 Å². The van der Waals surface area contributed by atoms with E-state index in [1.54, 1.807) is 0 Å². The number of hydrogen-bond donors (Lipinski definition) is 3. The minimum Gasteiger partial charge on any atom is -0.393 e. The molecule has 3 rings (SSSR count). The largest absolute Gasteiger partial charge is 0.393 e. The Balaban J connectivity index is 1.54. The van der Waals surface area contributed by atoms with Crippen LogP contribution in [0.15, 0.2) is 24.3 Å². The first kappa shape index (κ1) is 17.2. The normalized spacial score (nSPS) is 21.5. The Hall–Kier alpha value is -1.59. The molecule has 0 bridgehead atoms. The van der Waals surface area contributed by atoms with Crippen molar-refractivity contribution in [1.82, 2.24) is 5.32 Å². The first-order chi connectivity index (χ1) is 11.6. The molecule has 2 fully saturated rings. The number of anilines is 1. The summed E-state index contributed by atoms with van der Waals surface area (Å²) in [6.45, 7) is 2.02. The second-order valence-electron chi connectivity index (χ2n) is 7.23. The zero-order valence-electron chi connectivity index (χ0n) is 14.2. The van der Waals surface area contributed by atoms with Gasteiger partial charge in [0, 0.05) is 30.9 Å². The summed E-state index contributed by atoms with van der Waals surface area (Å²) in [6, 6.07) is 7.59. The molecule has 0 radical (unpaired) electrons. The van der Waals surface area contributed by atoms with Gasteiger partial charge in [0.1, 0.15) is 0 Å². The molecule has 1 aromatic carbocycles. The predicted molar refractivity (Wildman–Crippen MR) is 94.3 cm³/mol. The van der Waals surface area contributed by atoms with Crippen molar-refractivity contribution in [3.8, 4) is 0 Å². The average molecular weight is 332 g/mol. The third-order valence-corrected chi connectivity index (χ3v) is 5.32. The van der Waals surface area contributed by atoms with Gasteiger partial charge >= 0.3 is 0 Å². The maximum Gasteiger partial charge on any atom is 0.251 e. The molecule has 0 spiro atoms. The van der Waals surface area contributed by atoms with Gasteiger partial charge in [-0.05, 0) is 49.9 Å². The summed E-state index contributed by atoms with van der Waals surface area (Å²) in [5.74, 6) is -0.130. The summed E-state index contributed by atoms with van der Waals surface area (Å²) in [4.78, 5) is 14.5. The molecule has 1 aliphatic carbocycles. The lowest BCUT2D eigenvalue weighted by atomic mass is 9.85. The minimum absolute atomic E-state index is 0.130. The molecule has 5 heteroatoms.